The second-order valence-corrected chi connectivity index (χ2v) is 4.07. The van der Waals surface area contributed by atoms with Crippen molar-refractivity contribution in [2.75, 3.05) is 32.7 Å². The molecule has 3 nitrogen and oxygen atoms in total. The zero-order valence-electron chi connectivity index (χ0n) is 9.39. The molecule has 0 bridgehead atoms. The van der Waals surface area contributed by atoms with E-state index in [0.717, 1.165) is 6.54 Å². The van der Waals surface area contributed by atoms with Crippen molar-refractivity contribution in [2.45, 2.75) is 13.5 Å². The zero-order valence-corrected chi connectivity index (χ0v) is 9.39. The molecule has 2 rings (SSSR count). The lowest BCUT2D eigenvalue weighted by molar-refractivity contribution is 0.132. The summed E-state index contributed by atoms with van der Waals surface area (Å²) in [6.07, 6.45) is 3.75. The van der Waals surface area contributed by atoms with Gasteiger partial charge in [-0.3, -0.25) is 9.88 Å². The Hall–Kier alpha value is -0.930. The van der Waals surface area contributed by atoms with Crippen molar-refractivity contribution in [3.8, 4) is 0 Å². The zero-order chi connectivity index (χ0) is 10.5. The summed E-state index contributed by atoms with van der Waals surface area (Å²) >= 11 is 0. The van der Waals surface area contributed by atoms with Gasteiger partial charge in [-0.05, 0) is 24.2 Å². The molecule has 0 N–H and O–H groups in total. The molecule has 0 aromatic carbocycles. The smallest absolute Gasteiger partial charge is 0.0271 e. The van der Waals surface area contributed by atoms with Crippen LogP contribution in [-0.4, -0.2) is 47.5 Å². The van der Waals surface area contributed by atoms with E-state index < -0.39 is 0 Å². The maximum absolute atomic E-state index is 4.04. The Labute approximate surface area is 91.7 Å². The van der Waals surface area contributed by atoms with Crippen LogP contribution in [0.15, 0.2) is 24.5 Å². The van der Waals surface area contributed by atoms with E-state index in [-0.39, 0.29) is 0 Å². The van der Waals surface area contributed by atoms with Crippen LogP contribution in [0.3, 0.4) is 0 Å². The van der Waals surface area contributed by atoms with Crippen molar-refractivity contribution in [3.05, 3.63) is 30.1 Å². The predicted octanol–water partition coefficient (Wildman–Crippen LogP) is 1.22. The number of aromatic nitrogens is 1. The van der Waals surface area contributed by atoms with E-state index in [2.05, 4.69) is 33.8 Å². The monoisotopic (exact) mass is 205 g/mol. The molecule has 0 atom stereocenters. The van der Waals surface area contributed by atoms with Crippen LogP contribution in [0, 0.1) is 0 Å². The van der Waals surface area contributed by atoms with Gasteiger partial charge in [-0.1, -0.05) is 6.92 Å². The second-order valence-electron chi connectivity index (χ2n) is 4.07. The van der Waals surface area contributed by atoms with Crippen LogP contribution in [0.2, 0.25) is 0 Å². The van der Waals surface area contributed by atoms with Gasteiger partial charge in [-0.2, -0.15) is 0 Å². The van der Waals surface area contributed by atoms with Crippen molar-refractivity contribution in [1.29, 1.82) is 0 Å². The highest BCUT2D eigenvalue weighted by Gasteiger charge is 2.14. The third kappa shape index (κ3) is 3.01. The lowest BCUT2D eigenvalue weighted by Gasteiger charge is -2.33. The summed E-state index contributed by atoms with van der Waals surface area (Å²) < 4.78 is 0. The van der Waals surface area contributed by atoms with Gasteiger partial charge in [0.05, 0.1) is 0 Å². The maximum Gasteiger partial charge on any atom is 0.0271 e. The van der Waals surface area contributed by atoms with E-state index >= 15 is 0 Å². The standard InChI is InChI=1S/C12H19N3/c1-2-14-7-9-15(10-8-14)11-12-3-5-13-6-4-12/h3-6H,2,7-11H2,1H3. The summed E-state index contributed by atoms with van der Waals surface area (Å²) in [5.74, 6) is 0. The maximum atomic E-state index is 4.04. The molecular weight excluding hydrogens is 186 g/mol. The van der Waals surface area contributed by atoms with E-state index in [1.807, 2.05) is 12.4 Å². The van der Waals surface area contributed by atoms with Gasteiger partial charge in [-0.15, -0.1) is 0 Å². The minimum Gasteiger partial charge on any atom is -0.301 e. The van der Waals surface area contributed by atoms with Gasteiger partial charge in [-0.25, -0.2) is 0 Å². The highest BCUT2D eigenvalue weighted by atomic mass is 15.3. The third-order valence-corrected chi connectivity index (χ3v) is 3.07. The molecule has 82 valence electrons. The summed E-state index contributed by atoms with van der Waals surface area (Å²) in [6, 6.07) is 4.21. The van der Waals surface area contributed by atoms with E-state index in [1.165, 1.54) is 38.3 Å². The second kappa shape index (κ2) is 5.24. The molecule has 0 amide bonds. The fraction of sp³-hybridized carbons (Fsp3) is 0.583. The van der Waals surface area contributed by atoms with Crippen molar-refractivity contribution < 1.29 is 0 Å². The number of likely N-dealkylation sites (N-methyl/N-ethyl adjacent to an activating group) is 1. The van der Waals surface area contributed by atoms with Crippen LogP contribution in [0.25, 0.3) is 0 Å². The fourth-order valence-electron chi connectivity index (χ4n) is 2.01. The van der Waals surface area contributed by atoms with E-state index in [0.29, 0.717) is 0 Å². The van der Waals surface area contributed by atoms with E-state index in [9.17, 15) is 0 Å². The molecule has 0 spiro atoms. The van der Waals surface area contributed by atoms with Gasteiger partial charge in [0, 0.05) is 45.1 Å². The van der Waals surface area contributed by atoms with Crippen LogP contribution in [0.5, 0.6) is 0 Å². The Balaban J connectivity index is 1.82. The summed E-state index contributed by atoms with van der Waals surface area (Å²) in [4.78, 5) is 9.06. The van der Waals surface area contributed by atoms with Crippen molar-refractivity contribution in [2.24, 2.45) is 0 Å². The number of hydrogen-bond acceptors (Lipinski definition) is 3. The SMILES string of the molecule is CCN1CCN(Cc2ccncc2)CC1. The Morgan fingerprint density at radius 1 is 1.07 bits per heavy atom. The molecule has 1 aromatic heterocycles. The predicted molar refractivity (Wildman–Crippen MR) is 61.6 cm³/mol. The summed E-state index contributed by atoms with van der Waals surface area (Å²) in [5.41, 5.74) is 1.37. The molecule has 1 saturated heterocycles. The number of hydrogen-bond donors (Lipinski definition) is 0. The van der Waals surface area contributed by atoms with Gasteiger partial charge in [0.25, 0.3) is 0 Å². The molecule has 1 aliphatic rings. The van der Waals surface area contributed by atoms with Gasteiger partial charge in [0.1, 0.15) is 0 Å². The topological polar surface area (TPSA) is 19.4 Å². The summed E-state index contributed by atoms with van der Waals surface area (Å²) in [7, 11) is 0. The van der Waals surface area contributed by atoms with Crippen LogP contribution in [-0.2, 0) is 6.54 Å². The van der Waals surface area contributed by atoms with Gasteiger partial charge < -0.3 is 4.90 Å². The highest BCUT2D eigenvalue weighted by Crippen LogP contribution is 2.07. The van der Waals surface area contributed by atoms with E-state index in [1.54, 1.807) is 0 Å². The van der Waals surface area contributed by atoms with Crippen LogP contribution in [0.1, 0.15) is 12.5 Å². The van der Waals surface area contributed by atoms with Gasteiger partial charge >= 0.3 is 0 Å². The summed E-state index contributed by atoms with van der Waals surface area (Å²) in [6.45, 7) is 9.29. The average Bonchev–Trinajstić information content (AvgIpc) is 2.31. The molecule has 15 heavy (non-hydrogen) atoms. The van der Waals surface area contributed by atoms with Crippen molar-refractivity contribution in [1.82, 2.24) is 14.8 Å². The number of rotatable bonds is 3. The number of nitrogens with zero attached hydrogens (tertiary/aromatic N) is 3. The minimum atomic E-state index is 1.07. The van der Waals surface area contributed by atoms with Crippen LogP contribution < -0.4 is 0 Å². The first-order valence-corrected chi connectivity index (χ1v) is 5.72. The molecule has 2 heterocycles. The lowest BCUT2D eigenvalue weighted by atomic mass is 10.2. The molecular formula is C12H19N3. The Bertz CT molecular complexity index is 278. The molecule has 0 unspecified atom stereocenters. The first-order chi connectivity index (χ1) is 7.38. The average molecular weight is 205 g/mol. The first-order valence-electron chi connectivity index (χ1n) is 5.72. The first kappa shape index (κ1) is 10.6. The van der Waals surface area contributed by atoms with Crippen molar-refractivity contribution >= 4 is 0 Å². The Morgan fingerprint density at radius 2 is 1.67 bits per heavy atom. The molecule has 1 fully saturated rings. The Kier molecular flexibility index (Phi) is 3.69. The fourth-order valence-corrected chi connectivity index (χ4v) is 2.01. The van der Waals surface area contributed by atoms with Crippen LogP contribution >= 0.6 is 0 Å². The molecule has 1 aliphatic heterocycles. The summed E-state index contributed by atoms with van der Waals surface area (Å²) in [5, 5.41) is 0. The van der Waals surface area contributed by atoms with Crippen LogP contribution in [0.4, 0.5) is 0 Å². The molecule has 1 aromatic rings. The normalized spacial score (nSPS) is 19.3. The van der Waals surface area contributed by atoms with Crippen molar-refractivity contribution in [3.63, 3.8) is 0 Å². The van der Waals surface area contributed by atoms with Gasteiger partial charge in [0.2, 0.25) is 0 Å². The van der Waals surface area contributed by atoms with E-state index in [4.69, 9.17) is 0 Å². The minimum absolute atomic E-state index is 1.07. The largest absolute Gasteiger partial charge is 0.301 e. The number of pyridine rings is 1. The molecule has 0 aliphatic carbocycles. The van der Waals surface area contributed by atoms with Gasteiger partial charge in [0.15, 0.2) is 0 Å². The quantitative estimate of drug-likeness (QED) is 0.739. The Morgan fingerprint density at radius 3 is 2.27 bits per heavy atom. The lowest BCUT2D eigenvalue weighted by Crippen LogP contribution is -2.45. The third-order valence-electron chi connectivity index (χ3n) is 3.07. The number of piperazine rings is 1. The molecule has 0 radical (unpaired) electrons. The molecule has 3 heteroatoms. The highest BCUT2D eigenvalue weighted by molar-refractivity contribution is 5.09. The molecule has 0 saturated carbocycles.